The molecule has 0 saturated carbocycles. The lowest BCUT2D eigenvalue weighted by Gasteiger charge is -2.04. The van der Waals surface area contributed by atoms with Gasteiger partial charge < -0.3 is 0 Å². The molecule has 0 bridgehead atoms. The van der Waals surface area contributed by atoms with Crippen LogP contribution < -0.4 is 0 Å². The van der Waals surface area contributed by atoms with Crippen LogP contribution in [0.25, 0.3) is 11.3 Å². The van der Waals surface area contributed by atoms with Crippen LogP contribution in [0.1, 0.15) is 5.56 Å². The van der Waals surface area contributed by atoms with Crippen LogP contribution in [0.4, 0.5) is 0 Å². The van der Waals surface area contributed by atoms with Gasteiger partial charge >= 0.3 is 0 Å². The highest BCUT2D eigenvalue weighted by Crippen LogP contribution is 2.22. The fourth-order valence-corrected chi connectivity index (χ4v) is 1.64. The zero-order valence-electron chi connectivity index (χ0n) is 8.52. The van der Waals surface area contributed by atoms with Crippen molar-refractivity contribution in [1.82, 2.24) is 4.98 Å². The lowest BCUT2D eigenvalue weighted by molar-refractivity contribution is 1.21. The van der Waals surface area contributed by atoms with Gasteiger partial charge in [0.25, 0.3) is 0 Å². The summed E-state index contributed by atoms with van der Waals surface area (Å²) in [5.41, 5.74) is 2.69. The van der Waals surface area contributed by atoms with E-state index in [0.717, 1.165) is 16.8 Å². The molecular formula is C13H9ClN2. The molecule has 0 unspecified atom stereocenters. The van der Waals surface area contributed by atoms with Gasteiger partial charge in [0, 0.05) is 11.8 Å². The van der Waals surface area contributed by atoms with Crippen LogP contribution in [-0.4, -0.2) is 4.98 Å². The molecule has 2 nitrogen and oxygen atoms in total. The number of benzene rings is 1. The third kappa shape index (κ3) is 2.21. The summed E-state index contributed by atoms with van der Waals surface area (Å²) in [4.78, 5) is 4.25. The zero-order valence-corrected chi connectivity index (χ0v) is 9.28. The molecule has 0 spiro atoms. The van der Waals surface area contributed by atoms with Gasteiger partial charge in [-0.2, -0.15) is 5.26 Å². The highest BCUT2D eigenvalue weighted by molar-refractivity contribution is 6.31. The highest BCUT2D eigenvalue weighted by Gasteiger charge is 2.04. The molecule has 0 aliphatic heterocycles. The summed E-state index contributed by atoms with van der Waals surface area (Å²) >= 11 is 5.95. The Labute approximate surface area is 99.1 Å². The van der Waals surface area contributed by atoms with Crippen molar-refractivity contribution in [1.29, 1.82) is 5.26 Å². The zero-order chi connectivity index (χ0) is 11.4. The molecule has 0 radical (unpaired) electrons. The van der Waals surface area contributed by atoms with E-state index in [2.05, 4.69) is 11.1 Å². The lowest BCUT2D eigenvalue weighted by atomic mass is 10.1. The smallest absolute Gasteiger partial charge is 0.0706 e. The molecule has 0 aliphatic rings. The Hall–Kier alpha value is -1.85. The quantitative estimate of drug-likeness (QED) is 0.789. The number of rotatable bonds is 2. The van der Waals surface area contributed by atoms with Crippen LogP contribution in [0.5, 0.6) is 0 Å². The number of nitrogens with zero attached hydrogens (tertiary/aromatic N) is 2. The summed E-state index contributed by atoms with van der Waals surface area (Å²) in [6.45, 7) is 0. The standard InChI is InChI=1S/C13H9ClN2/c14-12-9-16-13(8-11(12)6-7-15)10-4-2-1-3-5-10/h1-5,8-9H,6H2. The van der Waals surface area contributed by atoms with Crippen molar-refractivity contribution in [2.75, 3.05) is 0 Å². The molecule has 0 atom stereocenters. The van der Waals surface area contributed by atoms with Gasteiger partial charge in [0.2, 0.25) is 0 Å². The summed E-state index contributed by atoms with van der Waals surface area (Å²) in [7, 11) is 0. The van der Waals surface area contributed by atoms with Crippen molar-refractivity contribution in [2.45, 2.75) is 6.42 Å². The Morgan fingerprint density at radius 3 is 2.69 bits per heavy atom. The van der Waals surface area contributed by atoms with Crippen LogP contribution in [-0.2, 0) is 6.42 Å². The summed E-state index contributed by atoms with van der Waals surface area (Å²) in [5, 5.41) is 9.22. The number of pyridine rings is 1. The molecule has 0 amide bonds. The molecule has 1 aromatic carbocycles. The Bertz CT molecular complexity index is 529. The van der Waals surface area contributed by atoms with Crippen molar-refractivity contribution in [2.24, 2.45) is 0 Å². The molecule has 78 valence electrons. The van der Waals surface area contributed by atoms with Crippen LogP contribution in [0.3, 0.4) is 0 Å². The van der Waals surface area contributed by atoms with Gasteiger partial charge in [-0.3, -0.25) is 4.98 Å². The van der Waals surface area contributed by atoms with Crippen molar-refractivity contribution < 1.29 is 0 Å². The summed E-state index contributed by atoms with van der Waals surface area (Å²) in [6, 6.07) is 13.8. The second-order valence-corrected chi connectivity index (χ2v) is 3.77. The highest BCUT2D eigenvalue weighted by atomic mass is 35.5. The van der Waals surface area contributed by atoms with Crippen LogP contribution in [0.2, 0.25) is 5.02 Å². The monoisotopic (exact) mass is 228 g/mol. The van der Waals surface area contributed by atoms with E-state index in [1.807, 2.05) is 36.4 Å². The largest absolute Gasteiger partial charge is 0.255 e. The van der Waals surface area contributed by atoms with Crippen LogP contribution in [0.15, 0.2) is 42.6 Å². The summed E-state index contributed by atoms with van der Waals surface area (Å²) in [5.74, 6) is 0. The van der Waals surface area contributed by atoms with Crippen molar-refractivity contribution in [3.05, 3.63) is 53.2 Å². The first-order valence-corrected chi connectivity index (χ1v) is 5.26. The molecule has 1 heterocycles. The first-order valence-electron chi connectivity index (χ1n) is 4.88. The minimum atomic E-state index is 0.307. The van der Waals surface area contributed by atoms with E-state index in [0.29, 0.717) is 11.4 Å². The van der Waals surface area contributed by atoms with Crippen molar-refractivity contribution >= 4 is 11.6 Å². The first kappa shape index (κ1) is 10.7. The molecule has 3 heteroatoms. The van der Waals surface area contributed by atoms with E-state index >= 15 is 0 Å². The molecule has 0 N–H and O–H groups in total. The molecule has 0 aliphatic carbocycles. The van der Waals surface area contributed by atoms with Crippen molar-refractivity contribution in [3.8, 4) is 17.3 Å². The number of aromatic nitrogens is 1. The molecule has 2 aromatic rings. The number of hydrogen-bond donors (Lipinski definition) is 0. The van der Waals surface area contributed by atoms with Gasteiger partial charge in [0.05, 0.1) is 23.2 Å². The second-order valence-electron chi connectivity index (χ2n) is 3.36. The maximum atomic E-state index is 8.68. The Morgan fingerprint density at radius 2 is 2.00 bits per heavy atom. The van der Waals surface area contributed by atoms with Crippen molar-refractivity contribution in [3.63, 3.8) is 0 Å². The number of nitriles is 1. The van der Waals surface area contributed by atoms with Gasteiger partial charge in [-0.05, 0) is 11.6 Å². The van der Waals surface area contributed by atoms with E-state index in [1.165, 1.54) is 0 Å². The number of halogens is 1. The fraction of sp³-hybridized carbons (Fsp3) is 0.0769. The predicted octanol–water partition coefficient (Wildman–Crippen LogP) is 3.47. The van der Waals surface area contributed by atoms with Gasteiger partial charge in [0.1, 0.15) is 0 Å². The SMILES string of the molecule is N#CCc1cc(-c2ccccc2)ncc1Cl. The van der Waals surface area contributed by atoms with E-state index < -0.39 is 0 Å². The molecular weight excluding hydrogens is 220 g/mol. The molecule has 2 rings (SSSR count). The second kappa shape index (κ2) is 4.78. The van der Waals surface area contributed by atoms with Gasteiger partial charge in [0.15, 0.2) is 0 Å². The molecule has 0 fully saturated rings. The topological polar surface area (TPSA) is 36.7 Å². The van der Waals surface area contributed by atoms with E-state index in [1.54, 1.807) is 6.20 Å². The Balaban J connectivity index is 2.45. The van der Waals surface area contributed by atoms with Crippen LogP contribution >= 0.6 is 11.6 Å². The molecule has 0 saturated heterocycles. The lowest BCUT2D eigenvalue weighted by Crippen LogP contribution is -1.89. The van der Waals surface area contributed by atoms with Gasteiger partial charge in [-0.15, -0.1) is 0 Å². The first-order chi connectivity index (χ1) is 7.81. The minimum Gasteiger partial charge on any atom is -0.255 e. The van der Waals surface area contributed by atoms with Gasteiger partial charge in [-0.1, -0.05) is 41.9 Å². The Morgan fingerprint density at radius 1 is 1.25 bits per heavy atom. The third-order valence-electron chi connectivity index (χ3n) is 2.27. The Kier molecular flexibility index (Phi) is 3.19. The molecule has 16 heavy (non-hydrogen) atoms. The van der Waals surface area contributed by atoms with E-state index in [9.17, 15) is 0 Å². The minimum absolute atomic E-state index is 0.307. The van der Waals surface area contributed by atoms with E-state index in [4.69, 9.17) is 16.9 Å². The fourth-order valence-electron chi connectivity index (χ4n) is 1.47. The van der Waals surface area contributed by atoms with Gasteiger partial charge in [-0.25, -0.2) is 0 Å². The normalized spacial score (nSPS) is 9.75. The average Bonchev–Trinajstić information content (AvgIpc) is 2.33. The number of hydrogen-bond acceptors (Lipinski definition) is 2. The summed E-state index contributed by atoms with van der Waals surface area (Å²) in [6.07, 6.45) is 1.90. The van der Waals surface area contributed by atoms with Crippen LogP contribution in [0, 0.1) is 11.3 Å². The maximum absolute atomic E-state index is 8.68. The third-order valence-corrected chi connectivity index (χ3v) is 2.61. The average molecular weight is 229 g/mol. The maximum Gasteiger partial charge on any atom is 0.0706 e. The summed E-state index contributed by atoms with van der Waals surface area (Å²) < 4.78 is 0. The van der Waals surface area contributed by atoms with E-state index in [-0.39, 0.29) is 0 Å². The predicted molar refractivity (Wildman–Crippen MR) is 64.0 cm³/mol. The molecule has 1 aromatic heterocycles.